The third kappa shape index (κ3) is 41.9. The molecular weight excluding hydrogens is 629 g/mol. The van der Waals surface area contributed by atoms with Crippen LogP contribution in [0.15, 0.2) is 85.1 Å². The van der Waals surface area contributed by atoms with Gasteiger partial charge in [0.2, 0.25) is 0 Å². The molecule has 0 aromatic carbocycles. The molecule has 0 bridgehead atoms. The predicted molar refractivity (Wildman–Crippen MR) is 223 cm³/mol. The summed E-state index contributed by atoms with van der Waals surface area (Å²) in [5, 5.41) is 9.59. The van der Waals surface area contributed by atoms with Gasteiger partial charge in [-0.2, -0.15) is 0 Å². The lowest BCUT2D eigenvalue weighted by molar-refractivity contribution is -0.154. The van der Waals surface area contributed by atoms with Gasteiger partial charge in [-0.25, -0.2) is 0 Å². The summed E-state index contributed by atoms with van der Waals surface area (Å²) in [6.07, 6.45) is 60.8. The summed E-state index contributed by atoms with van der Waals surface area (Å²) in [4.78, 5) is 12.2. The van der Waals surface area contributed by atoms with Crippen molar-refractivity contribution in [2.24, 2.45) is 0 Å². The molecule has 1 unspecified atom stereocenters. The molecule has 0 saturated carbocycles. The maximum absolute atomic E-state index is 12.2. The van der Waals surface area contributed by atoms with Gasteiger partial charge < -0.3 is 14.6 Å². The van der Waals surface area contributed by atoms with Crippen LogP contribution in [0, 0.1) is 0 Å². The number of hydrogen-bond acceptors (Lipinski definition) is 4. The lowest BCUT2D eigenvalue weighted by atomic mass is 10.1. The lowest BCUT2D eigenvalue weighted by Crippen LogP contribution is -2.27. The van der Waals surface area contributed by atoms with E-state index >= 15 is 0 Å². The molecule has 0 spiro atoms. The van der Waals surface area contributed by atoms with Crippen molar-refractivity contribution in [3.05, 3.63) is 85.1 Å². The molecule has 0 amide bonds. The second-order valence-electron chi connectivity index (χ2n) is 13.7. The van der Waals surface area contributed by atoms with Gasteiger partial charge >= 0.3 is 5.97 Å². The second-order valence-corrected chi connectivity index (χ2v) is 13.7. The van der Waals surface area contributed by atoms with Gasteiger partial charge in [0.25, 0.3) is 0 Å². The summed E-state index contributed by atoms with van der Waals surface area (Å²) >= 11 is 0. The summed E-state index contributed by atoms with van der Waals surface area (Å²) < 4.78 is 11.1. The van der Waals surface area contributed by atoms with Crippen molar-refractivity contribution in [3.8, 4) is 0 Å². The fourth-order valence-electron chi connectivity index (χ4n) is 5.58. The van der Waals surface area contributed by atoms with E-state index in [1.54, 1.807) is 0 Å². The third-order valence-corrected chi connectivity index (χ3v) is 8.72. The average molecular weight is 709 g/mol. The van der Waals surface area contributed by atoms with Crippen molar-refractivity contribution in [1.82, 2.24) is 0 Å². The molecule has 1 atom stereocenters. The molecule has 0 fully saturated rings. The van der Waals surface area contributed by atoms with Crippen molar-refractivity contribution in [1.29, 1.82) is 0 Å². The number of rotatable bonds is 38. The van der Waals surface area contributed by atoms with Crippen LogP contribution >= 0.6 is 0 Å². The first-order valence-corrected chi connectivity index (χ1v) is 21.2. The normalized spacial score (nSPS) is 13.2. The summed E-state index contributed by atoms with van der Waals surface area (Å²) in [7, 11) is 0. The molecule has 0 radical (unpaired) electrons. The number of hydrogen-bond donors (Lipinski definition) is 1. The van der Waals surface area contributed by atoms with Gasteiger partial charge in [0, 0.05) is 13.0 Å². The molecule has 51 heavy (non-hydrogen) atoms. The SMILES string of the molecule is CC/C=C\C/C=C\C/C=C\C/C=C\C/C=C\C/C=C\CCC(=O)OC(CO)COCCCCCCCCCCCC/C=C\CCCCCCCC. The summed E-state index contributed by atoms with van der Waals surface area (Å²) in [5.74, 6) is -0.284. The number of ether oxygens (including phenoxy) is 2. The number of aliphatic hydroxyl groups excluding tert-OH is 1. The highest BCUT2D eigenvalue weighted by molar-refractivity contribution is 5.69. The molecule has 0 saturated heterocycles. The largest absolute Gasteiger partial charge is 0.457 e. The Labute approximate surface area is 316 Å². The van der Waals surface area contributed by atoms with E-state index in [0.717, 1.165) is 44.9 Å². The second kappa shape index (κ2) is 43.7. The molecule has 1 N–H and O–H groups in total. The third-order valence-electron chi connectivity index (χ3n) is 8.72. The number of carbonyl (C=O) groups is 1. The molecule has 292 valence electrons. The Morgan fingerprint density at radius 2 is 0.882 bits per heavy atom. The molecule has 0 aromatic rings. The fraction of sp³-hybridized carbons (Fsp3) is 0.681. The first kappa shape index (κ1) is 48.6. The Kier molecular flexibility index (Phi) is 41.6. The van der Waals surface area contributed by atoms with Gasteiger partial charge in [-0.05, 0) is 77.0 Å². The van der Waals surface area contributed by atoms with Gasteiger partial charge in [0.05, 0.1) is 13.2 Å². The minimum atomic E-state index is -0.580. The highest BCUT2D eigenvalue weighted by Gasteiger charge is 2.13. The van der Waals surface area contributed by atoms with Crippen LogP contribution in [-0.2, 0) is 14.3 Å². The van der Waals surface area contributed by atoms with Crippen molar-refractivity contribution in [2.75, 3.05) is 19.8 Å². The van der Waals surface area contributed by atoms with E-state index in [4.69, 9.17) is 9.47 Å². The molecule has 0 aliphatic heterocycles. The first-order valence-electron chi connectivity index (χ1n) is 21.2. The fourth-order valence-corrected chi connectivity index (χ4v) is 5.58. The molecule has 0 heterocycles. The highest BCUT2D eigenvalue weighted by atomic mass is 16.6. The van der Waals surface area contributed by atoms with Gasteiger partial charge in [0.15, 0.2) is 0 Å². The standard InChI is InChI=1S/C47H80O4/c1-3-5-7-9-11-13-15-17-19-21-23-25-27-29-31-33-35-37-39-41-43-50-45-46(44-48)51-47(49)42-40-38-36-34-32-30-28-26-24-22-20-18-16-14-12-10-8-6-4-2/h6,8,12,14,17-20,24,26,30,32,36,38,46,48H,3-5,7,9-11,13,15-16,21-23,25,27-29,31,33-35,37,39-45H2,1-2H3/b8-6-,14-12-,19-17-,20-18-,26-24-,32-30-,38-36-. The van der Waals surface area contributed by atoms with Crippen molar-refractivity contribution in [3.63, 3.8) is 0 Å². The van der Waals surface area contributed by atoms with E-state index in [1.807, 2.05) is 6.08 Å². The van der Waals surface area contributed by atoms with E-state index in [-0.39, 0.29) is 19.2 Å². The summed E-state index contributed by atoms with van der Waals surface area (Å²) in [5.41, 5.74) is 0. The van der Waals surface area contributed by atoms with Crippen LogP contribution in [0.1, 0.15) is 181 Å². The Bertz CT molecular complexity index is 923. The van der Waals surface area contributed by atoms with E-state index in [1.165, 1.54) is 109 Å². The molecule has 0 rings (SSSR count). The highest BCUT2D eigenvalue weighted by Crippen LogP contribution is 2.13. The Balaban J connectivity index is 3.57. The van der Waals surface area contributed by atoms with Crippen LogP contribution in [0.4, 0.5) is 0 Å². The summed E-state index contributed by atoms with van der Waals surface area (Å²) in [6, 6.07) is 0. The van der Waals surface area contributed by atoms with E-state index < -0.39 is 6.10 Å². The zero-order chi connectivity index (χ0) is 37.0. The minimum absolute atomic E-state index is 0.207. The Morgan fingerprint density at radius 3 is 1.33 bits per heavy atom. The van der Waals surface area contributed by atoms with Crippen molar-refractivity contribution in [2.45, 2.75) is 187 Å². The quantitative estimate of drug-likeness (QED) is 0.0394. The van der Waals surface area contributed by atoms with Gasteiger partial charge in [-0.15, -0.1) is 0 Å². The van der Waals surface area contributed by atoms with E-state index in [2.05, 4.69) is 92.8 Å². The van der Waals surface area contributed by atoms with Crippen LogP contribution in [0.5, 0.6) is 0 Å². The first-order chi connectivity index (χ1) is 25.2. The zero-order valence-corrected chi connectivity index (χ0v) is 33.3. The summed E-state index contributed by atoms with van der Waals surface area (Å²) in [6.45, 7) is 5.14. The van der Waals surface area contributed by atoms with Gasteiger partial charge in [0.1, 0.15) is 6.10 Å². The van der Waals surface area contributed by atoms with Crippen molar-refractivity contribution < 1.29 is 19.4 Å². The van der Waals surface area contributed by atoms with Gasteiger partial charge in [-0.1, -0.05) is 182 Å². The molecule has 4 nitrogen and oxygen atoms in total. The Morgan fingerprint density at radius 1 is 0.490 bits per heavy atom. The van der Waals surface area contributed by atoms with Crippen LogP contribution in [-0.4, -0.2) is 37.0 Å². The number of allylic oxidation sites excluding steroid dienone is 14. The van der Waals surface area contributed by atoms with Crippen molar-refractivity contribution >= 4 is 5.97 Å². The van der Waals surface area contributed by atoms with E-state index in [9.17, 15) is 9.90 Å². The monoisotopic (exact) mass is 709 g/mol. The maximum Gasteiger partial charge on any atom is 0.306 e. The molecule has 0 aromatic heterocycles. The number of unbranched alkanes of at least 4 members (excludes halogenated alkanes) is 16. The van der Waals surface area contributed by atoms with Crippen LogP contribution in [0.2, 0.25) is 0 Å². The zero-order valence-electron chi connectivity index (χ0n) is 33.3. The predicted octanol–water partition coefficient (Wildman–Crippen LogP) is 14.0. The Hall–Kier alpha value is -2.43. The lowest BCUT2D eigenvalue weighted by Gasteiger charge is -2.15. The topological polar surface area (TPSA) is 55.8 Å². The van der Waals surface area contributed by atoms with E-state index in [0.29, 0.717) is 19.4 Å². The van der Waals surface area contributed by atoms with Crippen LogP contribution in [0.25, 0.3) is 0 Å². The van der Waals surface area contributed by atoms with Gasteiger partial charge in [-0.3, -0.25) is 4.79 Å². The number of esters is 1. The minimum Gasteiger partial charge on any atom is -0.457 e. The maximum atomic E-state index is 12.2. The molecular formula is C47H80O4. The van der Waals surface area contributed by atoms with Crippen LogP contribution in [0.3, 0.4) is 0 Å². The van der Waals surface area contributed by atoms with Crippen LogP contribution < -0.4 is 0 Å². The molecule has 4 heteroatoms. The smallest absolute Gasteiger partial charge is 0.306 e. The molecule has 0 aliphatic rings. The number of aliphatic hydroxyl groups is 1. The molecule has 0 aliphatic carbocycles. The average Bonchev–Trinajstić information content (AvgIpc) is 3.14. The number of carbonyl (C=O) groups excluding carboxylic acids is 1.